The molecular weight excluding hydrogens is 453 g/mol. The van der Waals surface area contributed by atoms with E-state index in [9.17, 15) is 19.3 Å². The van der Waals surface area contributed by atoms with Crippen molar-refractivity contribution in [1.29, 1.82) is 0 Å². The van der Waals surface area contributed by atoms with Gasteiger partial charge in [0.25, 0.3) is 5.69 Å². The van der Waals surface area contributed by atoms with Crippen LogP contribution in [0.15, 0.2) is 60.7 Å². The number of fused-ring (bicyclic) bond motifs is 2. The fourth-order valence-electron chi connectivity index (χ4n) is 5.56. The molecule has 0 aromatic heterocycles. The highest BCUT2D eigenvalue weighted by atomic mass is 19.1. The maximum Gasteiger partial charge on any atom is 0.303 e. The minimum absolute atomic E-state index is 0.0237. The Morgan fingerprint density at radius 2 is 2.06 bits per heavy atom. The zero-order valence-corrected chi connectivity index (χ0v) is 19.5. The molecule has 4 atom stereocenters. The number of ether oxygens (including phenoxy) is 2. The molecule has 1 aliphatic carbocycles. The van der Waals surface area contributed by atoms with Gasteiger partial charge in [0.2, 0.25) is 0 Å². The maximum atomic E-state index is 13.6. The predicted octanol–water partition coefficient (Wildman–Crippen LogP) is 5.42. The third-order valence-electron chi connectivity index (χ3n) is 7.26. The van der Waals surface area contributed by atoms with E-state index >= 15 is 0 Å². The number of rotatable bonds is 12. The van der Waals surface area contributed by atoms with Gasteiger partial charge < -0.3 is 14.6 Å². The number of nitro groups is 1. The number of nitrogens with zero attached hydrogens (tertiary/aromatic N) is 1. The van der Waals surface area contributed by atoms with E-state index in [0.29, 0.717) is 26.1 Å². The Balaban J connectivity index is 1.46. The van der Waals surface area contributed by atoms with E-state index in [2.05, 4.69) is 6.08 Å². The molecule has 2 bridgehead atoms. The molecule has 2 aromatic carbocycles. The first-order chi connectivity index (χ1) is 16.9. The van der Waals surface area contributed by atoms with Gasteiger partial charge in [0.15, 0.2) is 0 Å². The second-order valence-electron chi connectivity index (χ2n) is 9.42. The monoisotopic (exact) mass is 483 g/mol. The number of carboxylic acid groups (broad SMARTS) is 1. The molecule has 0 radical (unpaired) electrons. The summed E-state index contributed by atoms with van der Waals surface area (Å²) in [6, 6.07) is 13.1. The van der Waals surface area contributed by atoms with Crippen LogP contribution in [0.1, 0.15) is 43.2 Å². The molecule has 8 heteroatoms. The van der Waals surface area contributed by atoms with E-state index in [0.717, 1.165) is 24.0 Å². The molecule has 2 fully saturated rings. The number of aliphatic carboxylic acids is 1. The Kier molecular flexibility index (Phi) is 7.93. The van der Waals surface area contributed by atoms with Crippen LogP contribution in [-0.2, 0) is 26.3 Å². The number of non-ortho nitro benzene ring substituents is 1. The van der Waals surface area contributed by atoms with Crippen molar-refractivity contribution in [3.8, 4) is 0 Å². The lowest BCUT2D eigenvalue weighted by atomic mass is 9.69. The van der Waals surface area contributed by atoms with Crippen molar-refractivity contribution >= 4 is 11.7 Å². The summed E-state index contributed by atoms with van der Waals surface area (Å²) in [5.74, 6) is -0.728. The first kappa shape index (κ1) is 25.0. The van der Waals surface area contributed by atoms with Crippen LogP contribution in [0, 0.1) is 27.8 Å². The van der Waals surface area contributed by atoms with Gasteiger partial charge in [0.05, 0.1) is 30.8 Å². The summed E-state index contributed by atoms with van der Waals surface area (Å²) in [6.45, 7) is 1.29. The standard InChI is InChI=1S/C27H30FNO6/c28-21-12-10-20(11-13-21)27-15-25(35-18-27)23(24(27)8-3-1-2-4-9-26(30)31)17-34-16-19-6-5-7-22(14-19)29(32)33/h1,3,5-7,10-14,23-25H,2,4,8-9,15-18H2,(H,30,31)/b3-1-/t23-,24-,25-,27-/m0/s1. The minimum Gasteiger partial charge on any atom is -0.481 e. The van der Waals surface area contributed by atoms with Gasteiger partial charge in [-0.25, -0.2) is 4.39 Å². The summed E-state index contributed by atoms with van der Waals surface area (Å²) in [5, 5.41) is 19.9. The molecule has 1 saturated heterocycles. The summed E-state index contributed by atoms with van der Waals surface area (Å²) in [6.07, 6.45) is 7.25. The first-order valence-electron chi connectivity index (χ1n) is 11.9. The van der Waals surface area contributed by atoms with Gasteiger partial charge in [-0.1, -0.05) is 36.4 Å². The van der Waals surface area contributed by atoms with Crippen LogP contribution in [0.2, 0.25) is 0 Å². The average Bonchev–Trinajstić information content (AvgIpc) is 3.40. The van der Waals surface area contributed by atoms with Gasteiger partial charge in [0.1, 0.15) is 5.82 Å². The smallest absolute Gasteiger partial charge is 0.303 e. The number of hydrogen-bond acceptors (Lipinski definition) is 5. The van der Waals surface area contributed by atoms with Crippen molar-refractivity contribution < 1.29 is 28.7 Å². The topological polar surface area (TPSA) is 98.9 Å². The van der Waals surface area contributed by atoms with Crippen molar-refractivity contribution in [3.05, 3.63) is 87.7 Å². The molecule has 1 N–H and O–H groups in total. The third-order valence-corrected chi connectivity index (χ3v) is 7.26. The van der Waals surface area contributed by atoms with E-state index in [-0.39, 0.29) is 47.9 Å². The molecule has 1 saturated carbocycles. The second-order valence-corrected chi connectivity index (χ2v) is 9.42. The summed E-state index contributed by atoms with van der Waals surface area (Å²) in [7, 11) is 0. The van der Waals surface area contributed by atoms with Crippen molar-refractivity contribution in [3.63, 3.8) is 0 Å². The van der Waals surface area contributed by atoms with Crippen molar-refractivity contribution in [2.24, 2.45) is 11.8 Å². The zero-order valence-electron chi connectivity index (χ0n) is 19.5. The van der Waals surface area contributed by atoms with Crippen LogP contribution in [-0.4, -0.2) is 35.3 Å². The Bertz CT molecular complexity index is 1070. The molecular formula is C27H30FNO6. The first-order valence-corrected chi connectivity index (χ1v) is 11.9. The van der Waals surface area contributed by atoms with Gasteiger partial charge >= 0.3 is 5.97 Å². The van der Waals surface area contributed by atoms with Crippen LogP contribution < -0.4 is 0 Å². The molecule has 1 aliphatic heterocycles. The van der Waals surface area contributed by atoms with Crippen molar-refractivity contribution in [2.75, 3.05) is 13.2 Å². The average molecular weight is 484 g/mol. The number of benzene rings is 2. The van der Waals surface area contributed by atoms with Crippen LogP contribution >= 0.6 is 0 Å². The molecule has 0 amide bonds. The fourth-order valence-corrected chi connectivity index (χ4v) is 5.56. The SMILES string of the molecule is O=C(O)CCC/C=C\C[C@H]1[C@H](COCc2cccc([N+](=O)[O-])c2)[C@@H]2C[C@@]1(c1ccc(F)cc1)CO2. The number of halogens is 1. The lowest BCUT2D eigenvalue weighted by Gasteiger charge is -2.39. The Morgan fingerprint density at radius 1 is 1.26 bits per heavy atom. The van der Waals surface area contributed by atoms with E-state index in [1.165, 1.54) is 24.3 Å². The molecule has 0 unspecified atom stereocenters. The molecule has 35 heavy (non-hydrogen) atoms. The molecule has 4 rings (SSSR count). The summed E-state index contributed by atoms with van der Waals surface area (Å²) < 4.78 is 25.8. The summed E-state index contributed by atoms with van der Waals surface area (Å²) in [4.78, 5) is 21.4. The highest BCUT2D eigenvalue weighted by Gasteiger charge is 2.59. The Labute approximate surface area is 203 Å². The van der Waals surface area contributed by atoms with E-state index in [1.54, 1.807) is 6.07 Å². The van der Waals surface area contributed by atoms with Crippen LogP contribution in [0.5, 0.6) is 0 Å². The van der Waals surface area contributed by atoms with Gasteiger partial charge in [-0.3, -0.25) is 14.9 Å². The number of hydrogen-bond donors (Lipinski definition) is 1. The normalized spacial score (nSPS) is 25.3. The van der Waals surface area contributed by atoms with E-state index in [4.69, 9.17) is 14.6 Å². The quantitative estimate of drug-likeness (QED) is 0.187. The summed E-state index contributed by atoms with van der Waals surface area (Å²) in [5.41, 5.74) is 1.61. The molecule has 2 aromatic rings. The highest BCUT2D eigenvalue weighted by Crippen LogP contribution is 2.56. The van der Waals surface area contributed by atoms with E-state index < -0.39 is 10.9 Å². The van der Waals surface area contributed by atoms with E-state index in [1.807, 2.05) is 24.3 Å². The summed E-state index contributed by atoms with van der Waals surface area (Å²) >= 11 is 0. The van der Waals surface area contributed by atoms with Gasteiger partial charge in [-0.2, -0.15) is 0 Å². The van der Waals surface area contributed by atoms with Gasteiger partial charge in [-0.05, 0) is 54.9 Å². The molecule has 0 spiro atoms. The zero-order chi connectivity index (χ0) is 24.8. The molecule has 7 nitrogen and oxygen atoms in total. The number of allylic oxidation sites excluding steroid dienone is 2. The number of carbonyl (C=O) groups is 1. The fraction of sp³-hybridized carbons (Fsp3) is 0.444. The van der Waals surface area contributed by atoms with Crippen LogP contribution in [0.25, 0.3) is 0 Å². The number of unbranched alkanes of at least 4 members (excludes halogenated alkanes) is 1. The van der Waals surface area contributed by atoms with Gasteiger partial charge in [0, 0.05) is 29.9 Å². The van der Waals surface area contributed by atoms with Crippen molar-refractivity contribution in [2.45, 2.75) is 50.2 Å². The Hall–Kier alpha value is -3.10. The predicted molar refractivity (Wildman–Crippen MR) is 127 cm³/mol. The molecule has 186 valence electrons. The Morgan fingerprint density at radius 3 is 2.80 bits per heavy atom. The second kappa shape index (κ2) is 11.1. The van der Waals surface area contributed by atoms with Gasteiger partial charge in [-0.15, -0.1) is 0 Å². The minimum atomic E-state index is -0.792. The highest BCUT2D eigenvalue weighted by molar-refractivity contribution is 5.66. The number of nitro benzene ring substituents is 1. The molecule has 1 heterocycles. The largest absolute Gasteiger partial charge is 0.481 e. The lowest BCUT2D eigenvalue weighted by Crippen LogP contribution is -2.41. The maximum absolute atomic E-state index is 13.6. The number of carboxylic acids is 1. The molecule has 2 aliphatic rings. The van der Waals surface area contributed by atoms with Crippen molar-refractivity contribution in [1.82, 2.24) is 0 Å². The lowest BCUT2D eigenvalue weighted by molar-refractivity contribution is -0.385. The van der Waals surface area contributed by atoms with Crippen LogP contribution in [0.4, 0.5) is 10.1 Å². The third kappa shape index (κ3) is 5.77. The van der Waals surface area contributed by atoms with Crippen LogP contribution in [0.3, 0.4) is 0 Å².